The van der Waals surface area contributed by atoms with Gasteiger partial charge in [-0.3, -0.25) is 4.90 Å². The molecule has 0 amide bonds. The number of benzene rings is 2. The van der Waals surface area contributed by atoms with Gasteiger partial charge in [-0.2, -0.15) is 0 Å². The zero-order valence-corrected chi connectivity index (χ0v) is 13.7. The van der Waals surface area contributed by atoms with Crippen LogP contribution < -0.4 is 0 Å². The van der Waals surface area contributed by atoms with Gasteiger partial charge >= 0.3 is 22.4 Å². The van der Waals surface area contributed by atoms with Crippen LogP contribution >= 0.6 is 0 Å². The van der Waals surface area contributed by atoms with E-state index in [1.54, 1.807) is 0 Å². The second-order valence-corrected chi connectivity index (χ2v) is 4.65. The van der Waals surface area contributed by atoms with Crippen LogP contribution in [-0.4, -0.2) is 11.4 Å². The monoisotopic (exact) mass is 445 g/mol. The van der Waals surface area contributed by atoms with Gasteiger partial charge in [-0.1, -0.05) is 60.7 Å². The van der Waals surface area contributed by atoms with Gasteiger partial charge in [-0.05, 0) is 18.1 Å². The molecule has 0 saturated heterocycles. The molecule has 0 aliphatic heterocycles. The van der Waals surface area contributed by atoms with E-state index in [0.29, 0.717) is 6.54 Å². The molecule has 0 unspecified atom stereocenters. The van der Waals surface area contributed by atoms with E-state index < -0.39 is 0 Å². The van der Waals surface area contributed by atoms with E-state index in [9.17, 15) is 0 Å². The molecule has 2 aromatic rings. The SMILES string of the molecule is [Au+].[C-]#CCN(Cc1ccccc1)[C@H](C)c1ccccc1. The number of nitrogens with zero attached hydrogens (tertiary/aromatic N) is 1. The first-order valence-corrected chi connectivity index (χ1v) is 6.54. The first-order chi connectivity index (χ1) is 9.31. The van der Waals surface area contributed by atoms with E-state index in [1.807, 2.05) is 12.1 Å². The topological polar surface area (TPSA) is 3.24 Å². The van der Waals surface area contributed by atoms with Gasteiger partial charge < -0.3 is 12.3 Å². The molecule has 106 valence electrons. The third-order valence-electron chi connectivity index (χ3n) is 3.34. The zero-order chi connectivity index (χ0) is 13.5. The smallest absolute Gasteiger partial charge is 0.692 e. The number of hydrogen-bond acceptors (Lipinski definition) is 1. The summed E-state index contributed by atoms with van der Waals surface area (Å²) in [5.41, 5.74) is 2.54. The summed E-state index contributed by atoms with van der Waals surface area (Å²) in [6, 6.07) is 21.0. The Morgan fingerprint density at radius 2 is 1.55 bits per heavy atom. The fourth-order valence-electron chi connectivity index (χ4n) is 2.19. The molecule has 1 nitrogen and oxygen atoms in total. The molecule has 1 atom stereocenters. The second kappa shape index (κ2) is 8.79. The van der Waals surface area contributed by atoms with Gasteiger partial charge in [-0.15, -0.1) is 0 Å². The molecular formula is C18H18AuN. The molecule has 0 aliphatic carbocycles. The molecule has 0 saturated carbocycles. The van der Waals surface area contributed by atoms with Crippen molar-refractivity contribution < 1.29 is 22.4 Å². The van der Waals surface area contributed by atoms with Gasteiger partial charge in [0.1, 0.15) is 0 Å². The Hall–Kier alpha value is -1.30. The minimum absolute atomic E-state index is 0. The summed E-state index contributed by atoms with van der Waals surface area (Å²) in [5, 5.41) is 0. The first kappa shape index (κ1) is 16.8. The number of rotatable bonds is 5. The Morgan fingerprint density at radius 1 is 1.00 bits per heavy atom. The van der Waals surface area contributed by atoms with Crippen LogP contribution in [0.2, 0.25) is 0 Å². The van der Waals surface area contributed by atoms with Crippen molar-refractivity contribution in [2.24, 2.45) is 0 Å². The van der Waals surface area contributed by atoms with Gasteiger partial charge in [0, 0.05) is 19.1 Å². The van der Waals surface area contributed by atoms with Crippen molar-refractivity contribution >= 4 is 0 Å². The molecule has 0 aliphatic rings. The van der Waals surface area contributed by atoms with Gasteiger partial charge in [0.25, 0.3) is 0 Å². The molecule has 0 heterocycles. The largest absolute Gasteiger partial charge is 1.00 e. The van der Waals surface area contributed by atoms with Crippen molar-refractivity contribution in [1.29, 1.82) is 0 Å². The van der Waals surface area contributed by atoms with Crippen molar-refractivity contribution in [3.05, 3.63) is 78.2 Å². The summed E-state index contributed by atoms with van der Waals surface area (Å²) in [4.78, 5) is 2.25. The van der Waals surface area contributed by atoms with Crippen LogP contribution in [0.25, 0.3) is 0 Å². The summed E-state index contributed by atoms with van der Waals surface area (Å²) in [7, 11) is 0. The third-order valence-corrected chi connectivity index (χ3v) is 3.34. The summed E-state index contributed by atoms with van der Waals surface area (Å²) in [6.45, 7) is 3.56. The Bertz CT molecular complexity index is 530. The van der Waals surface area contributed by atoms with Gasteiger partial charge in [0.05, 0.1) is 0 Å². The molecular weight excluding hydrogens is 427 g/mol. The van der Waals surface area contributed by atoms with Crippen LogP contribution in [0, 0.1) is 12.3 Å². The third kappa shape index (κ3) is 4.67. The number of hydrogen-bond donors (Lipinski definition) is 0. The van der Waals surface area contributed by atoms with Crippen LogP contribution in [0.1, 0.15) is 24.1 Å². The van der Waals surface area contributed by atoms with E-state index in [1.165, 1.54) is 11.1 Å². The quantitative estimate of drug-likeness (QED) is 0.384. The molecule has 0 N–H and O–H groups in total. The average molecular weight is 445 g/mol. The van der Waals surface area contributed by atoms with Gasteiger partial charge in [0.2, 0.25) is 0 Å². The van der Waals surface area contributed by atoms with Crippen LogP contribution in [-0.2, 0) is 28.9 Å². The van der Waals surface area contributed by atoms with Crippen LogP contribution in [0.3, 0.4) is 0 Å². The van der Waals surface area contributed by atoms with E-state index in [-0.39, 0.29) is 28.4 Å². The van der Waals surface area contributed by atoms with Crippen molar-refractivity contribution in [1.82, 2.24) is 4.90 Å². The van der Waals surface area contributed by atoms with Crippen LogP contribution in [0.4, 0.5) is 0 Å². The molecule has 0 bridgehead atoms. The van der Waals surface area contributed by atoms with Crippen molar-refractivity contribution in [3.8, 4) is 5.92 Å². The Balaban J connectivity index is 0.00000200. The maximum absolute atomic E-state index is 7.26. The standard InChI is InChI=1S/C18H18N.Au/c1-3-14-19(15-17-10-6-4-7-11-17)16(2)18-12-8-5-9-13-18;/h4-13,16H,14-15H2,2H3;/q-1;+1/t16-;/m1./s1. The van der Waals surface area contributed by atoms with Gasteiger partial charge in [-0.25, -0.2) is 0 Å². The van der Waals surface area contributed by atoms with E-state index in [4.69, 9.17) is 6.42 Å². The molecule has 0 radical (unpaired) electrons. The molecule has 0 spiro atoms. The normalized spacial score (nSPS) is 11.4. The van der Waals surface area contributed by atoms with E-state index in [2.05, 4.69) is 66.3 Å². The van der Waals surface area contributed by atoms with Crippen molar-refractivity contribution in [2.45, 2.75) is 19.5 Å². The fourth-order valence-corrected chi connectivity index (χ4v) is 2.19. The summed E-state index contributed by atoms with van der Waals surface area (Å²) in [6.07, 6.45) is 7.26. The van der Waals surface area contributed by atoms with Gasteiger partial charge in [0.15, 0.2) is 0 Å². The Kier molecular flexibility index (Phi) is 7.36. The maximum atomic E-state index is 7.26. The zero-order valence-electron chi connectivity index (χ0n) is 11.5. The Morgan fingerprint density at radius 3 is 2.10 bits per heavy atom. The van der Waals surface area contributed by atoms with Crippen molar-refractivity contribution in [2.75, 3.05) is 6.54 Å². The minimum Gasteiger partial charge on any atom is -0.692 e. The summed E-state index contributed by atoms with van der Waals surface area (Å²) in [5.74, 6) is 2.51. The second-order valence-electron chi connectivity index (χ2n) is 4.65. The van der Waals surface area contributed by atoms with E-state index >= 15 is 0 Å². The molecule has 2 aromatic carbocycles. The first-order valence-electron chi connectivity index (χ1n) is 6.54. The fraction of sp³-hybridized carbons (Fsp3) is 0.222. The predicted molar refractivity (Wildman–Crippen MR) is 78.8 cm³/mol. The van der Waals surface area contributed by atoms with E-state index in [0.717, 1.165) is 6.54 Å². The molecule has 0 aromatic heterocycles. The van der Waals surface area contributed by atoms with Crippen molar-refractivity contribution in [3.63, 3.8) is 0 Å². The molecule has 20 heavy (non-hydrogen) atoms. The summed E-state index contributed by atoms with van der Waals surface area (Å²) < 4.78 is 0. The summed E-state index contributed by atoms with van der Waals surface area (Å²) >= 11 is 0. The minimum atomic E-state index is 0. The Labute approximate surface area is 137 Å². The average Bonchev–Trinajstić information content (AvgIpc) is 2.48. The molecule has 2 heteroatoms. The molecule has 2 rings (SSSR count). The predicted octanol–water partition coefficient (Wildman–Crippen LogP) is 3.84. The molecule has 0 fully saturated rings. The maximum Gasteiger partial charge on any atom is 1.00 e. The van der Waals surface area contributed by atoms with Crippen LogP contribution in [0.5, 0.6) is 0 Å². The van der Waals surface area contributed by atoms with Crippen LogP contribution in [0.15, 0.2) is 60.7 Å².